The van der Waals surface area contributed by atoms with Gasteiger partial charge in [-0.25, -0.2) is 13.2 Å². The van der Waals surface area contributed by atoms with Crippen LogP contribution in [0.25, 0.3) is 10.4 Å². The summed E-state index contributed by atoms with van der Waals surface area (Å²) in [5.41, 5.74) is 0.0473. The lowest BCUT2D eigenvalue weighted by atomic mass is 10.0. The molecule has 2 aromatic carbocycles. The van der Waals surface area contributed by atoms with Gasteiger partial charge in [0.2, 0.25) is 0 Å². The molecule has 140 valence electrons. The van der Waals surface area contributed by atoms with E-state index in [0.717, 1.165) is 4.88 Å². The van der Waals surface area contributed by atoms with Crippen LogP contribution in [-0.4, -0.2) is 29.7 Å². The molecule has 0 saturated carbocycles. The number of sulfone groups is 1. The number of phenols is 2. The minimum atomic E-state index is -4.05. The van der Waals surface area contributed by atoms with Gasteiger partial charge in [0.15, 0.2) is 9.84 Å². The third kappa shape index (κ3) is 4.00. The average molecular weight is 469 g/mol. The largest absolute Gasteiger partial charge is 0.507 e. The Morgan fingerprint density at radius 1 is 1.11 bits per heavy atom. The van der Waals surface area contributed by atoms with Crippen molar-refractivity contribution >= 4 is 43.1 Å². The maximum Gasteiger partial charge on any atom is 0.339 e. The topological polar surface area (TPSA) is 112 Å². The Hall–Kier alpha value is -2.36. The molecule has 3 rings (SSSR count). The summed E-state index contributed by atoms with van der Waals surface area (Å²) in [4.78, 5) is 11.9. The summed E-state index contributed by atoms with van der Waals surface area (Å²) in [6.45, 7) is 0. The lowest BCUT2D eigenvalue weighted by Crippen LogP contribution is -2.08. The van der Waals surface area contributed by atoms with Crippen molar-refractivity contribution < 1.29 is 28.5 Å². The molecular formula is C18H13BrO6S2. The first-order valence-electron chi connectivity index (χ1n) is 7.53. The molecule has 0 aliphatic heterocycles. The quantitative estimate of drug-likeness (QED) is 0.515. The summed E-state index contributed by atoms with van der Waals surface area (Å²) in [5.74, 6) is -3.07. The summed E-state index contributed by atoms with van der Waals surface area (Å²) in [5, 5.41) is 31.4. The minimum Gasteiger partial charge on any atom is -0.507 e. The van der Waals surface area contributed by atoms with Gasteiger partial charge in [0.05, 0.1) is 5.75 Å². The minimum absolute atomic E-state index is 0.0577. The molecule has 0 unspecified atom stereocenters. The van der Waals surface area contributed by atoms with E-state index in [0.29, 0.717) is 10.0 Å². The van der Waals surface area contributed by atoms with Crippen molar-refractivity contribution in [2.75, 3.05) is 0 Å². The van der Waals surface area contributed by atoms with Crippen LogP contribution in [0.3, 0.4) is 0 Å². The number of carboxylic acids is 1. The van der Waals surface area contributed by atoms with Crippen molar-refractivity contribution in [3.63, 3.8) is 0 Å². The number of hydrogen-bond acceptors (Lipinski definition) is 6. The van der Waals surface area contributed by atoms with Gasteiger partial charge >= 0.3 is 5.97 Å². The van der Waals surface area contributed by atoms with Gasteiger partial charge < -0.3 is 15.3 Å². The summed E-state index contributed by atoms with van der Waals surface area (Å²) >= 11 is 4.52. The standard InChI is InChI=1S/C18H13BrO6S2/c19-12-3-4-14(20)16(8-12)27(24,25)9-11-6-10(15-2-1-5-26-15)7-13(17(11)21)18(22)23/h1-8,20-21H,9H2,(H,22,23). The van der Waals surface area contributed by atoms with E-state index in [-0.39, 0.29) is 16.0 Å². The summed E-state index contributed by atoms with van der Waals surface area (Å²) in [6, 6.07) is 10.3. The fraction of sp³-hybridized carbons (Fsp3) is 0.0556. The number of halogens is 1. The average Bonchev–Trinajstić information content (AvgIpc) is 3.13. The van der Waals surface area contributed by atoms with Crippen LogP contribution >= 0.6 is 27.3 Å². The lowest BCUT2D eigenvalue weighted by molar-refractivity contribution is 0.0693. The van der Waals surface area contributed by atoms with Crippen LogP contribution in [0.2, 0.25) is 0 Å². The molecule has 0 aliphatic rings. The Morgan fingerprint density at radius 2 is 1.85 bits per heavy atom. The molecule has 0 bridgehead atoms. The Kier molecular flexibility index (Phi) is 5.27. The van der Waals surface area contributed by atoms with E-state index < -0.39 is 33.1 Å². The number of benzene rings is 2. The van der Waals surface area contributed by atoms with Crippen LogP contribution in [0.5, 0.6) is 11.5 Å². The van der Waals surface area contributed by atoms with Crippen molar-refractivity contribution in [2.24, 2.45) is 0 Å². The van der Waals surface area contributed by atoms with E-state index in [1.54, 1.807) is 17.5 Å². The number of carbonyl (C=O) groups is 1. The Labute approximate surface area is 167 Å². The highest BCUT2D eigenvalue weighted by atomic mass is 79.9. The molecule has 3 aromatic rings. The molecular weight excluding hydrogens is 456 g/mol. The van der Waals surface area contributed by atoms with Crippen molar-refractivity contribution in [1.82, 2.24) is 0 Å². The Bertz CT molecular complexity index is 1120. The van der Waals surface area contributed by atoms with Crippen LogP contribution < -0.4 is 0 Å². The second kappa shape index (κ2) is 7.34. The van der Waals surface area contributed by atoms with E-state index >= 15 is 0 Å². The van der Waals surface area contributed by atoms with Crippen molar-refractivity contribution in [3.8, 4) is 21.9 Å². The van der Waals surface area contributed by atoms with Crippen LogP contribution in [-0.2, 0) is 15.6 Å². The number of hydrogen-bond donors (Lipinski definition) is 3. The van der Waals surface area contributed by atoms with Gasteiger partial charge in [-0.1, -0.05) is 22.0 Å². The van der Waals surface area contributed by atoms with Crippen molar-refractivity contribution in [3.05, 3.63) is 63.4 Å². The maximum atomic E-state index is 12.8. The Morgan fingerprint density at radius 3 is 2.48 bits per heavy atom. The van der Waals surface area contributed by atoms with Gasteiger partial charge in [0.25, 0.3) is 0 Å². The second-order valence-corrected chi connectivity index (χ2v) is 9.51. The molecule has 27 heavy (non-hydrogen) atoms. The zero-order valence-electron chi connectivity index (χ0n) is 13.6. The smallest absolute Gasteiger partial charge is 0.339 e. The number of thiophene rings is 1. The monoisotopic (exact) mass is 468 g/mol. The van der Waals surface area contributed by atoms with Crippen molar-refractivity contribution in [2.45, 2.75) is 10.6 Å². The molecule has 0 aliphatic carbocycles. The predicted molar refractivity (Wildman–Crippen MR) is 105 cm³/mol. The van der Waals surface area contributed by atoms with Crippen molar-refractivity contribution in [1.29, 1.82) is 0 Å². The van der Waals surface area contributed by atoms with Gasteiger partial charge in [-0.2, -0.15) is 0 Å². The molecule has 0 radical (unpaired) electrons. The number of aromatic carboxylic acids is 1. The van der Waals surface area contributed by atoms with Crippen LogP contribution in [0, 0.1) is 0 Å². The highest BCUT2D eigenvalue weighted by Gasteiger charge is 2.25. The molecule has 1 aromatic heterocycles. The van der Waals surface area contributed by atoms with Gasteiger partial charge in [-0.15, -0.1) is 11.3 Å². The first-order valence-corrected chi connectivity index (χ1v) is 10.9. The zero-order chi connectivity index (χ0) is 19.8. The second-order valence-electron chi connectivity index (χ2n) is 5.69. The lowest BCUT2D eigenvalue weighted by Gasteiger charge is -2.12. The van der Waals surface area contributed by atoms with Gasteiger partial charge in [-0.05, 0) is 47.3 Å². The molecule has 9 heteroatoms. The molecule has 0 atom stereocenters. The number of aromatic hydroxyl groups is 2. The highest BCUT2D eigenvalue weighted by molar-refractivity contribution is 9.10. The third-order valence-corrected chi connectivity index (χ3v) is 6.93. The Balaban J connectivity index is 2.13. The summed E-state index contributed by atoms with van der Waals surface area (Å²) < 4.78 is 26.0. The first kappa shape index (κ1) is 19.4. The van der Waals surface area contributed by atoms with E-state index in [9.17, 15) is 28.5 Å². The van der Waals surface area contributed by atoms with E-state index in [2.05, 4.69) is 15.9 Å². The zero-order valence-corrected chi connectivity index (χ0v) is 16.8. The van der Waals surface area contributed by atoms with Crippen LogP contribution in [0.1, 0.15) is 15.9 Å². The van der Waals surface area contributed by atoms with E-state index in [4.69, 9.17) is 0 Å². The highest BCUT2D eigenvalue weighted by Crippen LogP contribution is 2.36. The van der Waals surface area contributed by atoms with Crippen LogP contribution in [0.15, 0.2) is 57.2 Å². The fourth-order valence-electron chi connectivity index (χ4n) is 2.57. The maximum absolute atomic E-state index is 12.8. The normalized spacial score (nSPS) is 11.4. The van der Waals surface area contributed by atoms with Crippen LogP contribution in [0.4, 0.5) is 0 Å². The van der Waals surface area contributed by atoms with Gasteiger partial charge in [0, 0.05) is 14.9 Å². The number of carboxylic acid groups (broad SMARTS) is 1. The first-order chi connectivity index (χ1) is 12.7. The van der Waals surface area contributed by atoms with E-state index in [1.807, 2.05) is 0 Å². The number of rotatable bonds is 5. The molecule has 0 spiro atoms. The molecule has 6 nitrogen and oxygen atoms in total. The molecule has 0 saturated heterocycles. The van der Waals surface area contributed by atoms with E-state index in [1.165, 1.54) is 41.7 Å². The predicted octanol–water partition coefficient (Wildman–Crippen LogP) is 4.26. The number of phenolic OH excluding ortho intramolecular Hbond substituents is 1. The van der Waals surface area contributed by atoms with Gasteiger partial charge in [-0.3, -0.25) is 0 Å². The molecule has 1 heterocycles. The SMILES string of the molecule is O=C(O)c1cc(-c2cccs2)cc(CS(=O)(=O)c2cc(Br)ccc2O)c1O. The molecule has 0 amide bonds. The molecule has 0 fully saturated rings. The third-order valence-electron chi connectivity index (χ3n) is 3.83. The summed E-state index contributed by atoms with van der Waals surface area (Å²) in [6.07, 6.45) is 0. The summed E-state index contributed by atoms with van der Waals surface area (Å²) in [7, 11) is -4.05. The fourth-order valence-corrected chi connectivity index (χ4v) is 5.28. The van der Waals surface area contributed by atoms with Gasteiger partial charge in [0.1, 0.15) is 22.0 Å². The molecule has 3 N–H and O–H groups in total.